The van der Waals surface area contributed by atoms with Crippen LogP contribution >= 0.6 is 11.3 Å². The molecule has 0 aliphatic carbocycles. The average Bonchev–Trinajstić information content (AvgIpc) is 3.19. The van der Waals surface area contributed by atoms with Crippen molar-refractivity contribution < 1.29 is 24.1 Å². The number of ether oxygens (including phenoxy) is 3. The number of nitrogens with one attached hydrogen (secondary N) is 1. The number of carbonyl (C=O) groups is 1. The first-order chi connectivity index (χ1) is 14.1. The first kappa shape index (κ1) is 20.2. The maximum absolute atomic E-state index is 12.1. The molecule has 2 aromatic carbocycles. The van der Waals surface area contributed by atoms with E-state index in [0.717, 1.165) is 16.9 Å². The van der Waals surface area contributed by atoms with Gasteiger partial charge in [-0.25, -0.2) is 9.78 Å². The van der Waals surface area contributed by atoms with Crippen molar-refractivity contribution in [3.63, 3.8) is 0 Å². The molecule has 0 radical (unpaired) electrons. The van der Waals surface area contributed by atoms with E-state index in [1.54, 1.807) is 12.1 Å². The van der Waals surface area contributed by atoms with Crippen molar-refractivity contribution in [1.29, 1.82) is 0 Å². The number of benzene rings is 2. The fraction of sp³-hybridized carbons (Fsp3) is 0.150. The molecule has 8 nitrogen and oxygen atoms in total. The number of carbonyl (C=O) groups excluding carboxylic acids is 1. The van der Waals surface area contributed by atoms with Gasteiger partial charge in [-0.15, -0.1) is 0 Å². The number of hydrogen-bond donors (Lipinski definition) is 2. The number of phenols is 1. The van der Waals surface area contributed by atoms with Crippen LogP contribution in [0.4, 0.5) is 5.13 Å². The van der Waals surface area contributed by atoms with Gasteiger partial charge in [0.1, 0.15) is 4.88 Å². The molecule has 1 aromatic heterocycles. The Hall–Kier alpha value is -3.59. The van der Waals surface area contributed by atoms with Crippen molar-refractivity contribution in [1.82, 2.24) is 4.98 Å². The zero-order chi connectivity index (χ0) is 20.8. The van der Waals surface area contributed by atoms with Gasteiger partial charge in [0.15, 0.2) is 11.5 Å². The second-order valence-electron chi connectivity index (χ2n) is 5.70. The summed E-state index contributed by atoms with van der Waals surface area (Å²) in [5.74, 6) is -0.0274. The van der Waals surface area contributed by atoms with Gasteiger partial charge >= 0.3 is 5.97 Å². The summed E-state index contributed by atoms with van der Waals surface area (Å²) in [6, 6.07) is 12.6. The number of thiazole rings is 1. The molecular weight excluding hydrogens is 394 g/mol. The van der Waals surface area contributed by atoms with E-state index >= 15 is 0 Å². The molecule has 0 atom stereocenters. The van der Waals surface area contributed by atoms with Gasteiger partial charge in [0.25, 0.3) is 0 Å². The van der Waals surface area contributed by atoms with Crippen LogP contribution in [0.15, 0.2) is 47.6 Å². The van der Waals surface area contributed by atoms with Crippen molar-refractivity contribution >= 4 is 28.7 Å². The van der Waals surface area contributed by atoms with Gasteiger partial charge in [0.2, 0.25) is 10.9 Å². The number of aromatic hydroxyl groups is 1. The Balaban J connectivity index is 1.86. The minimum atomic E-state index is -0.466. The molecule has 150 valence electrons. The lowest BCUT2D eigenvalue weighted by atomic mass is 10.1. The van der Waals surface area contributed by atoms with Gasteiger partial charge in [-0.05, 0) is 12.1 Å². The summed E-state index contributed by atoms with van der Waals surface area (Å²) in [5, 5.41) is 14.6. The summed E-state index contributed by atoms with van der Waals surface area (Å²) in [4.78, 5) is 17.0. The molecule has 9 heteroatoms. The summed E-state index contributed by atoms with van der Waals surface area (Å²) >= 11 is 1.14. The summed E-state index contributed by atoms with van der Waals surface area (Å²) < 4.78 is 15.1. The fourth-order valence-corrected chi connectivity index (χ4v) is 3.40. The Labute approximate surface area is 171 Å². The first-order valence-electron chi connectivity index (χ1n) is 8.46. The zero-order valence-electron chi connectivity index (χ0n) is 16.0. The van der Waals surface area contributed by atoms with Gasteiger partial charge < -0.3 is 19.3 Å². The predicted octanol–water partition coefficient (Wildman–Crippen LogP) is 3.77. The van der Waals surface area contributed by atoms with Crippen LogP contribution in [0.3, 0.4) is 0 Å². The maximum Gasteiger partial charge on any atom is 0.350 e. The normalized spacial score (nSPS) is 10.7. The number of nitrogens with zero attached hydrogens (tertiary/aromatic N) is 2. The van der Waals surface area contributed by atoms with Crippen molar-refractivity contribution in [2.45, 2.75) is 0 Å². The van der Waals surface area contributed by atoms with Crippen LogP contribution in [-0.2, 0) is 4.74 Å². The number of hydrazone groups is 1. The molecule has 0 fully saturated rings. The molecule has 0 aliphatic rings. The molecule has 0 spiro atoms. The first-order valence-corrected chi connectivity index (χ1v) is 9.27. The molecule has 2 N–H and O–H groups in total. The van der Waals surface area contributed by atoms with Gasteiger partial charge in [0, 0.05) is 11.1 Å². The highest BCUT2D eigenvalue weighted by Crippen LogP contribution is 2.36. The minimum Gasteiger partial charge on any atom is -0.502 e. The van der Waals surface area contributed by atoms with Crippen LogP contribution in [0.1, 0.15) is 15.2 Å². The third-order valence-electron chi connectivity index (χ3n) is 3.92. The molecule has 0 saturated carbocycles. The van der Waals surface area contributed by atoms with Crippen molar-refractivity contribution in [2.75, 3.05) is 26.8 Å². The number of methoxy groups -OCH3 is 3. The van der Waals surface area contributed by atoms with E-state index in [-0.39, 0.29) is 17.2 Å². The molecular formula is C20H19N3O5S. The van der Waals surface area contributed by atoms with Crippen LogP contribution in [0.5, 0.6) is 17.2 Å². The second kappa shape index (κ2) is 9.07. The van der Waals surface area contributed by atoms with E-state index in [1.165, 1.54) is 27.5 Å². The standard InChI is InChI=1S/C20H19N3O5S/c1-26-14-9-12(10-15(27-2)17(14)24)11-21-23-20-22-16(13-7-5-4-6-8-13)18(29-20)19(25)28-3/h4-11,24H,1-3H3,(H,22,23)/b21-11-. The van der Waals surface area contributed by atoms with Crippen LogP contribution in [-0.4, -0.2) is 43.6 Å². The van der Waals surface area contributed by atoms with Crippen LogP contribution in [0.25, 0.3) is 11.3 Å². The maximum atomic E-state index is 12.1. The van der Waals surface area contributed by atoms with Crippen molar-refractivity contribution in [3.05, 3.63) is 52.9 Å². The molecule has 29 heavy (non-hydrogen) atoms. The zero-order valence-corrected chi connectivity index (χ0v) is 16.8. The fourth-order valence-electron chi connectivity index (χ4n) is 2.54. The smallest absolute Gasteiger partial charge is 0.350 e. The Morgan fingerprint density at radius 3 is 2.38 bits per heavy atom. The van der Waals surface area contributed by atoms with Crippen molar-refractivity contribution in [3.8, 4) is 28.5 Å². The van der Waals surface area contributed by atoms with E-state index in [1.807, 2.05) is 30.3 Å². The second-order valence-corrected chi connectivity index (χ2v) is 6.70. The van der Waals surface area contributed by atoms with Crippen LogP contribution in [0.2, 0.25) is 0 Å². The van der Waals surface area contributed by atoms with Crippen molar-refractivity contribution in [2.24, 2.45) is 5.10 Å². The highest BCUT2D eigenvalue weighted by atomic mass is 32.1. The molecule has 0 unspecified atom stereocenters. The molecule has 0 saturated heterocycles. The van der Waals surface area contributed by atoms with Crippen LogP contribution < -0.4 is 14.9 Å². The largest absolute Gasteiger partial charge is 0.502 e. The van der Waals surface area contributed by atoms with E-state index < -0.39 is 5.97 Å². The number of hydrogen-bond acceptors (Lipinski definition) is 9. The lowest BCUT2D eigenvalue weighted by molar-refractivity contribution is 0.0607. The van der Waals surface area contributed by atoms with E-state index in [4.69, 9.17) is 14.2 Å². The van der Waals surface area contributed by atoms with Gasteiger partial charge in [-0.3, -0.25) is 5.43 Å². The Bertz CT molecular complexity index is 1010. The molecule has 3 rings (SSSR count). The van der Waals surface area contributed by atoms with Crippen LogP contribution in [0, 0.1) is 0 Å². The quantitative estimate of drug-likeness (QED) is 0.345. The minimum absolute atomic E-state index is 0.0877. The summed E-state index contributed by atoms with van der Waals surface area (Å²) in [5.41, 5.74) is 4.77. The lowest BCUT2D eigenvalue weighted by Gasteiger charge is -2.09. The predicted molar refractivity (Wildman–Crippen MR) is 111 cm³/mol. The molecule has 0 aliphatic heterocycles. The monoisotopic (exact) mass is 413 g/mol. The summed E-state index contributed by atoms with van der Waals surface area (Å²) in [6.45, 7) is 0. The lowest BCUT2D eigenvalue weighted by Crippen LogP contribution is -2.00. The number of rotatable bonds is 7. The van der Waals surface area contributed by atoms with E-state index in [9.17, 15) is 9.90 Å². The van der Waals surface area contributed by atoms with E-state index in [2.05, 4.69) is 15.5 Å². The topological polar surface area (TPSA) is 102 Å². The Kier molecular flexibility index (Phi) is 6.30. The SMILES string of the molecule is COC(=O)c1sc(N/N=C\c2cc(OC)c(O)c(OC)c2)nc1-c1ccccc1. The van der Waals surface area contributed by atoms with Gasteiger partial charge in [0.05, 0.1) is 33.2 Å². The Morgan fingerprint density at radius 1 is 1.14 bits per heavy atom. The highest BCUT2D eigenvalue weighted by molar-refractivity contribution is 7.17. The molecule has 0 amide bonds. The average molecular weight is 413 g/mol. The van der Waals surface area contributed by atoms with Gasteiger partial charge in [-0.2, -0.15) is 5.10 Å². The third kappa shape index (κ3) is 4.46. The molecule has 0 bridgehead atoms. The number of phenolic OH excluding ortho intramolecular Hbond substituents is 1. The van der Waals surface area contributed by atoms with Gasteiger partial charge in [-0.1, -0.05) is 41.7 Å². The third-order valence-corrected chi connectivity index (χ3v) is 4.86. The highest BCUT2D eigenvalue weighted by Gasteiger charge is 2.20. The summed E-state index contributed by atoms with van der Waals surface area (Å²) in [6.07, 6.45) is 1.52. The number of esters is 1. The Morgan fingerprint density at radius 2 is 1.79 bits per heavy atom. The number of anilines is 1. The molecule has 3 aromatic rings. The molecule has 1 heterocycles. The van der Waals surface area contributed by atoms with E-state index in [0.29, 0.717) is 21.3 Å². The number of aromatic nitrogens is 1. The summed E-state index contributed by atoms with van der Waals surface area (Å²) in [7, 11) is 4.22.